The van der Waals surface area contributed by atoms with Gasteiger partial charge in [0, 0.05) is 18.7 Å². The smallest absolute Gasteiger partial charge is 0.408 e. The molecule has 198 valence electrons. The summed E-state index contributed by atoms with van der Waals surface area (Å²) in [6, 6.07) is 3.26. The number of ether oxygens (including phenoxy) is 1. The summed E-state index contributed by atoms with van der Waals surface area (Å²) in [4.78, 5) is 41.5. The van der Waals surface area contributed by atoms with Crippen molar-refractivity contribution in [2.45, 2.75) is 98.8 Å². The Balaban J connectivity index is 3.49. The third-order valence-corrected chi connectivity index (χ3v) is 5.85. The Morgan fingerprint density at radius 3 is 2.31 bits per heavy atom. The highest BCUT2D eigenvalue weighted by atomic mass is 16.6. The predicted molar refractivity (Wildman–Crippen MR) is 138 cm³/mol. The summed E-state index contributed by atoms with van der Waals surface area (Å²) < 4.78 is 5.41. The zero-order valence-electron chi connectivity index (χ0n) is 22.7. The molecule has 8 heteroatoms. The highest BCUT2D eigenvalue weighted by Gasteiger charge is 2.38. The molecule has 3 unspecified atom stereocenters. The molecule has 3 N–H and O–H groups in total. The fraction of sp³-hybridized carbons (Fsp3) is 0.667. The number of para-hydroxylation sites is 1. The van der Waals surface area contributed by atoms with Crippen molar-refractivity contribution in [1.29, 1.82) is 0 Å². The minimum Gasteiger partial charge on any atom is -0.507 e. The van der Waals surface area contributed by atoms with Gasteiger partial charge in [-0.05, 0) is 52.0 Å². The Kier molecular flexibility index (Phi) is 12.1. The molecule has 0 bridgehead atoms. The number of amides is 3. The summed E-state index contributed by atoms with van der Waals surface area (Å²) in [6.07, 6.45) is 2.26. The van der Waals surface area contributed by atoms with E-state index in [1.807, 2.05) is 27.7 Å². The first-order valence-corrected chi connectivity index (χ1v) is 12.7. The molecule has 8 nitrogen and oxygen atoms in total. The molecule has 1 aromatic carbocycles. The van der Waals surface area contributed by atoms with Gasteiger partial charge < -0.3 is 25.4 Å². The van der Waals surface area contributed by atoms with Crippen molar-refractivity contribution in [3.05, 3.63) is 29.3 Å². The van der Waals surface area contributed by atoms with Gasteiger partial charge in [0.15, 0.2) is 0 Å². The molecule has 3 atom stereocenters. The van der Waals surface area contributed by atoms with Crippen LogP contribution >= 0.6 is 0 Å². The van der Waals surface area contributed by atoms with Gasteiger partial charge in [-0.25, -0.2) is 4.79 Å². The van der Waals surface area contributed by atoms with Crippen molar-refractivity contribution in [1.82, 2.24) is 15.5 Å². The Labute approximate surface area is 210 Å². The van der Waals surface area contributed by atoms with Gasteiger partial charge in [-0.2, -0.15) is 0 Å². The number of phenols is 1. The number of carbonyl (C=O) groups excluding carboxylic acids is 3. The van der Waals surface area contributed by atoms with Crippen LogP contribution in [0.3, 0.4) is 0 Å². The summed E-state index contributed by atoms with van der Waals surface area (Å²) in [7, 11) is 0. The maximum Gasteiger partial charge on any atom is 0.408 e. The lowest BCUT2D eigenvalue weighted by molar-refractivity contribution is -0.143. The molecule has 0 aliphatic heterocycles. The van der Waals surface area contributed by atoms with Crippen molar-refractivity contribution in [2.75, 3.05) is 13.1 Å². The van der Waals surface area contributed by atoms with E-state index in [1.165, 1.54) is 4.90 Å². The molecule has 0 fully saturated rings. The summed E-state index contributed by atoms with van der Waals surface area (Å²) in [5, 5.41) is 16.5. The number of carbonyl (C=O) groups is 3. The van der Waals surface area contributed by atoms with E-state index < -0.39 is 23.8 Å². The standard InChI is InChI=1S/C27H45N3O5/c1-9-12-16-28-24(32)22(20-15-13-14-19(5)23(20)31)30(17-10-2)25(33)21(18(4)11-3)29-26(34)35-27(6,7)8/h13-15,18,21-22,31H,9-12,16-17H2,1-8H3,(H,28,32)(H,29,34). The summed E-state index contributed by atoms with van der Waals surface area (Å²) in [6.45, 7) is 15.5. The van der Waals surface area contributed by atoms with Crippen LogP contribution in [0.15, 0.2) is 18.2 Å². The predicted octanol–water partition coefficient (Wildman–Crippen LogP) is 4.84. The van der Waals surface area contributed by atoms with E-state index in [0.717, 1.165) is 12.8 Å². The van der Waals surface area contributed by atoms with Crippen molar-refractivity contribution in [2.24, 2.45) is 5.92 Å². The molecule has 1 aromatic rings. The van der Waals surface area contributed by atoms with Gasteiger partial charge in [0.2, 0.25) is 11.8 Å². The van der Waals surface area contributed by atoms with Crippen LogP contribution in [0.25, 0.3) is 0 Å². The molecule has 3 amide bonds. The van der Waals surface area contributed by atoms with Gasteiger partial charge in [-0.1, -0.05) is 58.7 Å². The fourth-order valence-electron chi connectivity index (χ4n) is 3.74. The van der Waals surface area contributed by atoms with Crippen LogP contribution in [0.2, 0.25) is 0 Å². The number of nitrogens with one attached hydrogen (secondary N) is 2. The van der Waals surface area contributed by atoms with Crippen LogP contribution in [0, 0.1) is 12.8 Å². The number of unbranched alkanes of at least 4 members (excludes halogenated alkanes) is 1. The van der Waals surface area contributed by atoms with E-state index in [0.29, 0.717) is 30.5 Å². The molecule has 35 heavy (non-hydrogen) atoms. The van der Waals surface area contributed by atoms with Crippen LogP contribution in [0.1, 0.15) is 91.3 Å². The van der Waals surface area contributed by atoms with Crippen molar-refractivity contribution in [3.8, 4) is 5.75 Å². The average Bonchev–Trinajstić information content (AvgIpc) is 2.77. The first kappa shape index (κ1) is 30.3. The number of aryl methyl sites for hydroxylation is 1. The molecule has 1 rings (SSSR count). The maximum atomic E-state index is 14.0. The highest BCUT2D eigenvalue weighted by Crippen LogP contribution is 2.33. The second-order valence-corrected chi connectivity index (χ2v) is 10.1. The molecule has 0 heterocycles. The second kappa shape index (κ2) is 14.0. The topological polar surface area (TPSA) is 108 Å². The van der Waals surface area contributed by atoms with E-state index in [1.54, 1.807) is 45.9 Å². The lowest BCUT2D eigenvalue weighted by Crippen LogP contribution is -2.55. The molecule has 0 radical (unpaired) electrons. The van der Waals surface area contributed by atoms with Gasteiger partial charge in [-0.3, -0.25) is 9.59 Å². The van der Waals surface area contributed by atoms with Crippen molar-refractivity contribution in [3.63, 3.8) is 0 Å². The minimum atomic E-state index is -1.04. The molecular formula is C27H45N3O5. The normalized spacial score (nSPS) is 13.9. The molecule has 0 aromatic heterocycles. The van der Waals surface area contributed by atoms with Crippen LogP contribution in [0.5, 0.6) is 5.75 Å². The van der Waals surface area contributed by atoms with Crippen molar-refractivity contribution >= 4 is 17.9 Å². The average molecular weight is 492 g/mol. The van der Waals surface area contributed by atoms with Crippen LogP contribution in [0.4, 0.5) is 4.79 Å². The molecule has 0 aliphatic carbocycles. The number of rotatable bonds is 12. The van der Waals surface area contributed by atoms with E-state index in [2.05, 4.69) is 10.6 Å². The minimum absolute atomic E-state index is 0.0164. The van der Waals surface area contributed by atoms with Crippen LogP contribution in [-0.2, 0) is 14.3 Å². The Bertz CT molecular complexity index is 850. The van der Waals surface area contributed by atoms with E-state index in [4.69, 9.17) is 4.74 Å². The fourth-order valence-corrected chi connectivity index (χ4v) is 3.74. The Hall–Kier alpha value is -2.77. The number of hydrogen-bond acceptors (Lipinski definition) is 5. The lowest BCUT2D eigenvalue weighted by atomic mass is 9.94. The Morgan fingerprint density at radius 2 is 1.77 bits per heavy atom. The molecular weight excluding hydrogens is 446 g/mol. The molecule has 0 saturated carbocycles. The van der Waals surface area contributed by atoms with Gasteiger partial charge in [0.25, 0.3) is 0 Å². The van der Waals surface area contributed by atoms with Crippen molar-refractivity contribution < 1.29 is 24.2 Å². The number of hydrogen-bond donors (Lipinski definition) is 3. The zero-order valence-corrected chi connectivity index (χ0v) is 22.7. The van der Waals surface area contributed by atoms with Gasteiger partial charge >= 0.3 is 6.09 Å². The number of aromatic hydroxyl groups is 1. The van der Waals surface area contributed by atoms with Gasteiger partial charge in [0.05, 0.1) is 0 Å². The summed E-state index contributed by atoms with van der Waals surface area (Å²) >= 11 is 0. The zero-order chi connectivity index (χ0) is 26.8. The summed E-state index contributed by atoms with van der Waals surface area (Å²) in [5.41, 5.74) is 0.259. The maximum absolute atomic E-state index is 14.0. The van der Waals surface area contributed by atoms with E-state index in [-0.39, 0.29) is 30.0 Å². The number of phenolic OH excluding ortho intramolecular Hbond substituents is 1. The number of nitrogens with zero attached hydrogens (tertiary/aromatic N) is 1. The largest absolute Gasteiger partial charge is 0.507 e. The first-order chi connectivity index (χ1) is 16.4. The van der Waals surface area contributed by atoms with Crippen LogP contribution < -0.4 is 10.6 Å². The summed E-state index contributed by atoms with van der Waals surface area (Å²) in [5.74, 6) is -0.966. The number of alkyl carbamates (subject to hydrolysis) is 1. The van der Waals surface area contributed by atoms with Gasteiger partial charge in [-0.15, -0.1) is 0 Å². The SMILES string of the molecule is CCCCNC(=O)C(c1cccc(C)c1O)N(CCC)C(=O)C(NC(=O)OC(C)(C)C)C(C)CC. The lowest BCUT2D eigenvalue weighted by Gasteiger charge is -2.36. The highest BCUT2D eigenvalue weighted by molar-refractivity contribution is 5.92. The monoisotopic (exact) mass is 491 g/mol. The molecule has 0 aliphatic rings. The van der Waals surface area contributed by atoms with Gasteiger partial charge in [0.1, 0.15) is 23.4 Å². The van der Waals surface area contributed by atoms with Crippen LogP contribution in [-0.4, -0.2) is 52.6 Å². The first-order valence-electron chi connectivity index (χ1n) is 12.7. The van der Waals surface area contributed by atoms with E-state index in [9.17, 15) is 19.5 Å². The third kappa shape index (κ3) is 9.07. The quantitative estimate of drug-likeness (QED) is 0.363. The second-order valence-electron chi connectivity index (χ2n) is 10.1. The molecule has 0 spiro atoms. The number of benzene rings is 1. The van der Waals surface area contributed by atoms with E-state index >= 15 is 0 Å². The third-order valence-electron chi connectivity index (χ3n) is 5.85. The Morgan fingerprint density at radius 1 is 1.11 bits per heavy atom. The molecule has 0 saturated heterocycles.